The number of nitrogens with zero attached hydrogens (tertiary/aromatic N) is 1. The zero-order chi connectivity index (χ0) is 14.4. The highest BCUT2D eigenvalue weighted by atomic mass is 16.5. The van der Waals surface area contributed by atoms with Crippen molar-refractivity contribution in [2.75, 3.05) is 13.2 Å². The van der Waals surface area contributed by atoms with Crippen molar-refractivity contribution >= 4 is 11.9 Å². The minimum absolute atomic E-state index is 0.0622. The summed E-state index contributed by atoms with van der Waals surface area (Å²) in [4.78, 5) is 24.8. The van der Waals surface area contributed by atoms with Gasteiger partial charge in [-0.25, -0.2) is 4.79 Å². The molecule has 0 saturated carbocycles. The smallest absolute Gasteiger partial charge is 0.332 e. The Morgan fingerprint density at radius 1 is 1.26 bits per heavy atom. The molecule has 1 fully saturated rings. The normalized spacial score (nSPS) is 22.7. The average molecular weight is 273 g/mol. The summed E-state index contributed by atoms with van der Waals surface area (Å²) in [5.74, 6) is -1.22. The lowest BCUT2D eigenvalue weighted by Crippen LogP contribution is -2.46. The zero-order valence-corrected chi connectivity index (χ0v) is 11.5. The van der Waals surface area contributed by atoms with Gasteiger partial charge in [0.2, 0.25) is 0 Å². The predicted molar refractivity (Wildman–Crippen MR) is 68.7 cm³/mol. The lowest BCUT2D eigenvalue weighted by molar-refractivity contribution is -0.156. The molecular weight excluding hydrogens is 250 g/mol. The van der Waals surface area contributed by atoms with Crippen molar-refractivity contribution in [1.29, 1.82) is 0 Å². The van der Waals surface area contributed by atoms with Crippen molar-refractivity contribution in [3.8, 4) is 0 Å². The maximum absolute atomic E-state index is 12.4. The van der Waals surface area contributed by atoms with E-state index in [2.05, 4.69) is 0 Å². The van der Waals surface area contributed by atoms with E-state index in [9.17, 15) is 9.59 Å². The summed E-state index contributed by atoms with van der Waals surface area (Å²) < 4.78 is 5.28. The first-order valence-corrected chi connectivity index (χ1v) is 6.84. The molecule has 0 aliphatic carbocycles. The fourth-order valence-corrected chi connectivity index (χ4v) is 2.50. The van der Waals surface area contributed by atoms with Crippen molar-refractivity contribution in [2.24, 2.45) is 0 Å². The zero-order valence-electron chi connectivity index (χ0n) is 11.5. The highest BCUT2D eigenvalue weighted by molar-refractivity contribution is 5.83. The van der Waals surface area contributed by atoms with Crippen molar-refractivity contribution in [2.45, 2.75) is 57.8 Å². The predicted octanol–water partition coefficient (Wildman–Crippen LogP) is 0.628. The average Bonchev–Trinajstić information content (AvgIpc) is 2.88. The van der Waals surface area contributed by atoms with Crippen LogP contribution in [0.3, 0.4) is 0 Å². The third-order valence-electron chi connectivity index (χ3n) is 3.58. The molecule has 0 radical (unpaired) electrons. The number of carboxylic acids is 1. The standard InChI is InChI=1S/C13H23NO5/c1-3-9(4-2)14(7-8-15)12(16)10-5-6-11(19-10)13(17)18/h9-11,15H,3-8H2,1-2H3,(H,17,18)/t10-,11+/m0/s1. The van der Waals surface area contributed by atoms with Crippen LogP contribution in [0.5, 0.6) is 0 Å². The van der Waals surface area contributed by atoms with E-state index in [0.29, 0.717) is 12.8 Å². The van der Waals surface area contributed by atoms with E-state index in [1.165, 1.54) is 0 Å². The molecule has 6 nitrogen and oxygen atoms in total. The van der Waals surface area contributed by atoms with Crippen LogP contribution in [0, 0.1) is 0 Å². The molecule has 1 heterocycles. The second-order valence-electron chi connectivity index (χ2n) is 4.75. The van der Waals surface area contributed by atoms with Crippen molar-refractivity contribution < 1.29 is 24.5 Å². The number of ether oxygens (including phenoxy) is 1. The van der Waals surface area contributed by atoms with Crippen LogP contribution in [0.2, 0.25) is 0 Å². The van der Waals surface area contributed by atoms with Crippen LogP contribution in [-0.2, 0) is 14.3 Å². The summed E-state index contributed by atoms with van der Waals surface area (Å²) in [6, 6.07) is 0.0622. The Balaban J connectivity index is 2.69. The van der Waals surface area contributed by atoms with E-state index in [0.717, 1.165) is 12.8 Å². The number of aliphatic hydroxyl groups is 1. The van der Waals surface area contributed by atoms with Gasteiger partial charge in [-0.1, -0.05) is 13.8 Å². The van der Waals surface area contributed by atoms with Crippen molar-refractivity contribution in [3.63, 3.8) is 0 Å². The van der Waals surface area contributed by atoms with E-state index in [-0.39, 0.29) is 25.1 Å². The summed E-state index contributed by atoms with van der Waals surface area (Å²) >= 11 is 0. The Morgan fingerprint density at radius 2 is 1.84 bits per heavy atom. The fourth-order valence-electron chi connectivity index (χ4n) is 2.50. The van der Waals surface area contributed by atoms with E-state index >= 15 is 0 Å². The van der Waals surface area contributed by atoms with Gasteiger partial charge in [-0.15, -0.1) is 0 Å². The number of aliphatic hydroxyl groups excluding tert-OH is 1. The number of carboxylic acid groups (broad SMARTS) is 1. The van der Waals surface area contributed by atoms with Gasteiger partial charge in [0.05, 0.1) is 6.61 Å². The Labute approximate surface area is 113 Å². The van der Waals surface area contributed by atoms with E-state index in [1.807, 2.05) is 13.8 Å². The van der Waals surface area contributed by atoms with Gasteiger partial charge in [-0.2, -0.15) is 0 Å². The Kier molecular flexibility index (Phi) is 6.24. The topological polar surface area (TPSA) is 87.1 Å². The lowest BCUT2D eigenvalue weighted by Gasteiger charge is -2.32. The summed E-state index contributed by atoms with van der Waals surface area (Å²) in [6.45, 7) is 4.14. The summed E-state index contributed by atoms with van der Waals surface area (Å²) in [5, 5.41) is 17.9. The van der Waals surface area contributed by atoms with Gasteiger partial charge < -0.3 is 19.8 Å². The molecule has 110 valence electrons. The third kappa shape index (κ3) is 3.91. The Bertz CT molecular complexity index is 316. The monoisotopic (exact) mass is 273 g/mol. The van der Waals surface area contributed by atoms with Crippen LogP contribution in [0.25, 0.3) is 0 Å². The van der Waals surface area contributed by atoms with Crippen LogP contribution in [0.15, 0.2) is 0 Å². The number of carbonyl (C=O) groups excluding carboxylic acids is 1. The third-order valence-corrected chi connectivity index (χ3v) is 3.58. The first-order valence-electron chi connectivity index (χ1n) is 6.84. The molecule has 0 bridgehead atoms. The van der Waals surface area contributed by atoms with Crippen molar-refractivity contribution in [1.82, 2.24) is 4.90 Å². The fraction of sp³-hybridized carbons (Fsp3) is 0.846. The Morgan fingerprint density at radius 3 is 2.26 bits per heavy atom. The second-order valence-corrected chi connectivity index (χ2v) is 4.75. The highest BCUT2D eigenvalue weighted by Gasteiger charge is 2.37. The van der Waals surface area contributed by atoms with Crippen molar-refractivity contribution in [3.05, 3.63) is 0 Å². The maximum atomic E-state index is 12.4. The Hall–Kier alpha value is -1.14. The minimum Gasteiger partial charge on any atom is -0.479 e. The first-order chi connectivity index (χ1) is 9.04. The summed E-state index contributed by atoms with van der Waals surface area (Å²) in [7, 11) is 0. The number of aliphatic carboxylic acids is 1. The maximum Gasteiger partial charge on any atom is 0.332 e. The second kappa shape index (κ2) is 7.45. The lowest BCUT2D eigenvalue weighted by atomic mass is 10.1. The van der Waals surface area contributed by atoms with Gasteiger partial charge in [0.25, 0.3) is 5.91 Å². The number of hydrogen-bond acceptors (Lipinski definition) is 4. The molecule has 0 aromatic carbocycles. The molecule has 1 aliphatic rings. The summed E-state index contributed by atoms with van der Waals surface area (Å²) in [6.07, 6.45) is 0.827. The minimum atomic E-state index is -1.02. The molecule has 1 saturated heterocycles. The largest absolute Gasteiger partial charge is 0.479 e. The van der Waals surface area contributed by atoms with Crippen LogP contribution >= 0.6 is 0 Å². The molecular formula is C13H23NO5. The molecule has 1 aliphatic heterocycles. The molecule has 6 heteroatoms. The molecule has 19 heavy (non-hydrogen) atoms. The van der Waals surface area contributed by atoms with Gasteiger partial charge in [-0.05, 0) is 25.7 Å². The number of carbonyl (C=O) groups is 2. The van der Waals surface area contributed by atoms with Gasteiger partial charge in [-0.3, -0.25) is 4.79 Å². The van der Waals surface area contributed by atoms with Crippen LogP contribution in [0.4, 0.5) is 0 Å². The van der Waals surface area contributed by atoms with Crippen LogP contribution < -0.4 is 0 Å². The van der Waals surface area contributed by atoms with Gasteiger partial charge >= 0.3 is 5.97 Å². The quantitative estimate of drug-likeness (QED) is 0.710. The SMILES string of the molecule is CCC(CC)N(CCO)C(=O)[C@@H]1CC[C@H](C(=O)O)O1. The summed E-state index contributed by atoms with van der Waals surface area (Å²) in [5.41, 5.74) is 0. The first kappa shape index (κ1) is 15.9. The molecule has 0 aromatic heterocycles. The molecule has 2 N–H and O–H groups in total. The van der Waals surface area contributed by atoms with E-state index in [1.54, 1.807) is 4.90 Å². The van der Waals surface area contributed by atoms with Gasteiger partial charge in [0.15, 0.2) is 6.10 Å². The molecule has 2 atom stereocenters. The van der Waals surface area contributed by atoms with E-state index < -0.39 is 18.2 Å². The molecule has 0 aromatic rings. The van der Waals surface area contributed by atoms with Crippen LogP contribution in [-0.4, -0.2) is 58.4 Å². The molecule has 1 rings (SSSR count). The number of amides is 1. The van der Waals surface area contributed by atoms with Gasteiger partial charge in [0, 0.05) is 12.6 Å². The molecule has 0 unspecified atom stereocenters. The van der Waals surface area contributed by atoms with Crippen LogP contribution in [0.1, 0.15) is 39.5 Å². The number of hydrogen-bond donors (Lipinski definition) is 2. The van der Waals surface area contributed by atoms with Gasteiger partial charge in [0.1, 0.15) is 6.10 Å². The van der Waals surface area contributed by atoms with E-state index in [4.69, 9.17) is 14.9 Å². The number of rotatable bonds is 7. The molecule has 0 spiro atoms. The highest BCUT2D eigenvalue weighted by Crippen LogP contribution is 2.23. The molecule has 1 amide bonds.